The molecule has 0 unspecified atom stereocenters. The van der Waals surface area contributed by atoms with Crippen molar-refractivity contribution in [2.24, 2.45) is 0 Å². The van der Waals surface area contributed by atoms with Crippen molar-refractivity contribution in [3.8, 4) is 0 Å². The molecule has 0 saturated heterocycles. The molecule has 2 aromatic heterocycles. The molecular formula is C15H21N3O2. The Hall–Kier alpha value is -1.59. The number of imidazole rings is 1. The first-order valence-corrected chi connectivity index (χ1v) is 7.21. The molecule has 0 saturated carbocycles. The van der Waals surface area contributed by atoms with Gasteiger partial charge in [-0.1, -0.05) is 0 Å². The Bertz CT molecular complexity index is 533. The molecule has 0 amide bonds. The highest BCUT2D eigenvalue weighted by Gasteiger charge is 2.19. The lowest BCUT2D eigenvalue weighted by Gasteiger charge is -2.19. The highest BCUT2D eigenvalue weighted by Crippen LogP contribution is 2.19. The van der Waals surface area contributed by atoms with Crippen LogP contribution in [0.5, 0.6) is 0 Å². The van der Waals surface area contributed by atoms with E-state index >= 15 is 0 Å². The number of nitrogens with zero attached hydrogens (tertiary/aromatic N) is 3. The molecule has 0 radical (unpaired) electrons. The number of hydrogen-bond donors (Lipinski definition) is 0. The summed E-state index contributed by atoms with van der Waals surface area (Å²) in [7, 11) is 0. The third-order valence-electron chi connectivity index (χ3n) is 3.71. The first-order chi connectivity index (χ1) is 9.86. The molecule has 0 aliphatic carbocycles. The summed E-state index contributed by atoms with van der Waals surface area (Å²) in [5.74, 6) is 0. The summed E-state index contributed by atoms with van der Waals surface area (Å²) in [6, 6.07) is 2.03. The van der Waals surface area contributed by atoms with Gasteiger partial charge < -0.3 is 13.7 Å². The summed E-state index contributed by atoms with van der Waals surface area (Å²) in [6.45, 7) is 7.34. The predicted octanol–water partition coefficient (Wildman–Crippen LogP) is 2.42. The molecule has 108 valence electrons. The van der Waals surface area contributed by atoms with E-state index < -0.39 is 0 Å². The zero-order chi connectivity index (χ0) is 13.8. The number of aromatic nitrogens is 2. The van der Waals surface area contributed by atoms with Crippen LogP contribution in [0.15, 0.2) is 29.3 Å². The van der Waals surface area contributed by atoms with Crippen molar-refractivity contribution >= 4 is 0 Å². The van der Waals surface area contributed by atoms with Gasteiger partial charge in [0.1, 0.15) is 0 Å². The van der Waals surface area contributed by atoms with E-state index in [9.17, 15) is 0 Å². The predicted molar refractivity (Wildman–Crippen MR) is 75.0 cm³/mol. The molecular weight excluding hydrogens is 254 g/mol. The Morgan fingerprint density at radius 1 is 1.40 bits per heavy atom. The minimum Gasteiger partial charge on any atom is -0.472 e. The summed E-state index contributed by atoms with van der Waals surface area (Å²) in [5.41, 5.74) is 3.59. The Kier molecular flexibility index (Phi) is 4.18. The molecule has 1 aliphatic heterocycles. The Morgan fingerprint density at radius 3 is 3.15 bits per heavy atom. The number of furan rings is 1. The van der Waals surface area contributed by atoms with Crippen molar-refractivity contribution in [1.29, 1.82) is 0 Å². The second-order valence-electron chi connectivity index (χ2n) is 5.16. The van der Waals surface area contributed by atoms with Crippen LogP contribution in [0.2, 0.25) is 0 Å². The minimum absolute atomic E-state index is 0.610. The molecule has 0 fully saturated rings. The third-order valence-corrected chi connectivity index (χ3v) is 3.71. The zero-order valence-electron chi connectivity index (χ0n) is 11.9. The lowest BCUT2D eigenvalue weighted by atomic mass is 10.2. The first kappa shape index (κ1) is 13.4. The molecule has 0 bridgehead atoms. The Morgan fingerprint density at radius 2 is 2.35 bits per heavy atom. The van der Waals surface area contributed by atoms with Crippen molar-refractivity contribution in [1.82, 2.24) is 14.5 Å². The molecule has 5 nitrogen and oxygen atoms in total. The van der Waals surface area contributed by atoms with Crippen molar-refractivity contribution in [2.75, 3.05) is 13.2 Å². The fourth-order valence-electron chi connectivity index (χ4n) is 2.67. The third kappa shape index (κ3) is 2.94. The number of ether oxygens (including phenoxy) is 1. The van der Waals surface area contributed by atoms with E-state index in [1.807, 2.05) is 25.6 Å². The van der Waals surface area contributed by atoms with Gasteiger partial charge in [-0.05, 0) is 19.4 Å². The van der Waals surface area contributed by atoms with Crippen LogP contribution in [0.3, 0.4) is 0 Å². The summed E-state index contributed by atoms with van der Waals surface area (Å²) in [4.78, 5) is 6.95. The fraction of sp³-hybridized carbons (Fsp3) is 0.533. The van der Waals surface area contributed by atoms with Crippen LogP contribution in [0, 0.1) is 0 Å². The normalized spacial score (nSPS) is 16.1. The Balaban J connectivity index is 1.73. The fourth-order valence-corrected chi connectivity index (χ4v) is 2.67. The maximum atomic E-state index is 5.52. The number of fused-ring (bicyclic) bond motifs is 1. The average molecular weight is 275 g/mol. The SMILES string of the molecule is CCOCc1ncn2c1CN(Cc1ccoc1)CCC2. The van der Waals surface area contributed by atoms with Crippen LogP contribution < -0.4 is 0 Å². The van der Waals surface area contributed by atoms with E-state index in [1.165, 1.54) is 11.3 Å². The van der Waals surface area contributed by atoms with Gasteiger partial charge in [0.2, 0.25) is 0 Å². The van der Waals surface area contributed by atoms with Crippen LogP contribution >= 0.6 is 0 Å². The van der Waals surface area contributed by atoms with Gasteiger partial charge in [-0.3, -0.25) is 4.90 Å². The van der Waals surface area contributed by atoms with E-state index in [2.05, 4.69) is 14.5 Å². The van der Waals surface area contributed by atoms with Gasteiger partial charge in [-0.2, -0.15) is 0 Å². The number of aryl methyl sites for hydroxylation is 1. The first-order valence-electron chi connectivity index (χ1n) is 7.21. The summed E-state index contributed by atoms with van der Waals surface area (Å²) in [6.07, 6.45) is 6.65. The van der Waals surface area contributed by atoms with Crippen LogP contribution in [-0.2, 0) is 31.0 Å². The van der Waals surface area contributed by atoms with Crippen LogP contribution in [0.25, 0.3) is 0 Å². The van der Waals surface area contributed by atoms with E-state index in [-0.39, 0.29) is 0 Å². The maximum Gasteiger partial charge on any atom is 0.0953 e. The molecule has 0 aromatic carbocycles. The van der Waals surface area contributed by atoms with E-state index in [4.69, 9.17) is 9.15 Å². The Labute approximate surface area is 119 Å². The van der Waals surface area contributed by atoms with Gasteiger partial charge in [-0.15, -0.1) is 0 Å². The van der Waals surface area contributed by atoms with Crippen molar-refractivity contribution < 1.29 is 9.15 Å². The molecule has 3 rings (SSSR count). The minimum atomic E-state index is 0.610. The van der Waals surface area contributed by atoms with Crippen LogP contribution in [-0.4, -0.2) is 27.6 Å². The lowest BCUT2D eigenvalue weighted by molar-refractivity contribution is 0.130. The van der Waals surface area contributed by atoms with Crippen molar-refractivity contribution in [2.45, 2.75) is 39.6 Å². The topological polar surface area (TPSA) is 43.4 Å². The van der Waals surface area contributed by atoms with Gasteiger partial charge in [0.05, 0.1) is 36.8 Å². The highest BCUT2D eigenvalue weighted by atomic mass is 16.5. The standard InChI is InChI=1S/C15H21N3O2/c1-2-19-11-14-15-9-17(8-13-4-7-20-10-13)5-3-6-18(15)12-16-14/h4,7,10,12H,2-3,5-6,8-9,11H2,1H3. The highest BCUT2D eigenvalue weighted by molar-refractivity contribution is 5.14. The van der Waals surface area contributed by atoms with E-state index in [1.54, 1.807) is 6.26 Å². The quantitative estimate of drug-likeness (QED) is 0.840. The molecule has 1 aliphatic rings. The average Bonchev–Trinajstić information content (AvgIpc) is 3.03. The number of rotatable bonds is 5. The summed E-state index contributed by atoms with van der Waals surface area (Å²) in [5, 5.41) is 0. The van der Waals surface area contributed by atoms with E-state index in [0.29, 0.717) is 6.61 Å². The van der Waals surface area contributed by atoms with Crippen molar-refractivity contribution in [3.63, 3.8) is 0 Å². The van der Waals surface area contributed by atoms with Gasteiger partial charge >= 0.3 is 0 Å². The molecule has 0 spiro atoms. The van der Waals surface area contributed by atoms with Crippen molar-refractivity contribution in [3.05, 3.63) is 41.9 Å². The maximum absolute atomic E-state index is 5.52. The van der Waals surface area contributed by atoms with Gasteiger partial charge in [0, 0.05) is 38.3 Å². The molecule has 3 heterocycles. The smallest absolute Gasteiger partial charge is 0.0953 e. The van der Waals surface area contributed by atoms with Gasteiger partial charge in [0.25, 0.3) is 0 Å². The lowest BCUT2D eigenvalue weighted by Crippen LogP contribution is -2.23. The molecule has 0 N–H and O–H groups in total. The molecule has 20 heavy (non-hydrogen) atoms. The summed E-state index contributed by atoms with van der Waals surface area (Å²) < 4.78 is 12.9. The second kappa shape index (κ2) is 6.24. The second-order valence-corrected chi connectivity index (χ2v) is 5.16. The van der Waals surface area contributed by atoms with Gasteiger partial charge in [-0.25, -0.2) is 4.98 Å². The number of hydrogen-bond acceptors (Lipinski definition) is 4. The monoisotopic (exact) mass is 275 g/mol. The summed E-state index contributed by atoms with van der Waals surface area (Å²) >= 11 is 0. The van der Waals surface area contributed by atoms with Crippen LogP contribution in [0.1, 0.15) is 30.3 Å². The van der Waals surface area contributed by atoms with Gasteiger partial charge in [0.15, 0.2) is 0 Å². The largest absolute Gasteiger partial charge is 0.472 e. The van der Waals surface area contributed by atoms with E-state index in [0.717, 1.165) is 44.9 Å². The molecule has 2 aromatic rings. The molecule has 5 heteroatoms. The molecule has 0 atom stereocenters. The zero-order valence-corrected chi connectivity index (χ0v) is 11.9. The van der Waals surface area contributed by atoms with Crippen LogP contribution in [0.4, 0.5) is 0 Å².